The van der Waals surface area contributed by atoms with Crippen molar-refractivity contribution < 1.29 is 59.2 Å². The van der Waals surface area contributed by atoms with Crippen LogP contribution in [0.1, 0.15) is 53.3 Å². The first-order valence-corrected chi connectivity index (χ1v) is 23.1. The van der Waals surface area contributed by atoms with Crippen LogP contribution in [-0.2, 0) is 23.9 Å². The highest BCUT2D eigenvalue weighted by Gasteiger charge is 2.24. The molecule has 372 valence electrons. The highest BCUT2D eigenvalue weighted by Crippen LogP contribution is 2.33. The SMILES string of the molecule is C.CC(=O)NO.COc1ccc(S(=O)(=O)Cl)c(OC)c1.COc1ccc(S(=O)(=O)Nc2noc3cc(C#N)c(C)cc23)c(OC)c1.Cc1cc(C#N)c(F)cc1C#N.Cc1cc2c(N)noc2cc1C#N. The van der Waals surface area contributed by atoms with Gasteiger partial charge in [0, 0.05) is 41.9 Å². The van der Waals surface area contributed by atoms with Crippen LogP contribution >= 0.6 is 10.7 Å². The molecule has 0 atom stereocenters. The number of hydrogen-bond donors (Lipinski definition) is 4. The van der Waals surface area contributed by atoms with E-state index in [4.69, 9.17) is 70.7 Å². The van der Waals surface area contributed by atoms with Gasteiger partial charge in [-0.15, -0.1) is 0 Å². The molecule has 0 spiro atoms. The fourth-order valence-electron chi connectivity index (χ4n) is 5.56. The normalized spacial score (nSPS) is 10.1. The van der Waals surface area contributed by atoms with Gasteiger partial charge in [-0.05, 0) is 86.0 Å². The number of carbonyl (C=O) groups excluding carboxylic acids is 1. The summed E-state index contributed by atoms with van der Waals surface area (Å²) in [5.74, 6) is 0.586. The number of nitrogens with zero attached hydrogens (tertiary/aromatic N) is 6. The Hall–Kier alpha value is -8.65. The lowest BCUT2D eigenvalue weighted by Crippen LogP contribution is -2.14. The van der Waals surface area contributed by atoms with Crippen molar-refractivity contribution in [1.82, 2.24) is 15.8 Å². The van der Waals surface area contributed by atoms with Crippen LogP contribution in [0.5, 0.6) is 23.0 Å². The van der Waals surface area contributed by atoms with Gasteiger partial charge >= 0.3 is 0 Å². The molecule has 5 aromatic carbocycles. The highest BCUT2D eigenvalue weighted by atomic mass is 35.7. The average Bonchev–Trinajstić information content (AvgIpc) is 3.91. The molecule has 21 nitrogen and oxygen atoms in total. The van der Waals surface area contributed by atoms with Crippen molar-refractivity contribution >= 4 is 69.2 Å². The number of carbonyl (C=O) groups is 1. The summed E-state index contributed by atoms with van der Waals surface area (Å²) in [4.78, 5) is 9.32. The van der Waals surface area contributed by atoms with Gasteiger partial charge in [0.1, 0.15) is 44.7 Å². The van der Waals surface area contributed by atoms with Crippen LogP contribution in [0.2, 0.25) is 0 Å². The first-order chi connectivity index (χ1) is 33.1. The standard InChI is InChI=1S/C17H15N3O5S.C9H5FN2.C9H7N3O.C8H9ClO4S.C2H5NO2.CH4/c1-10-6-13-14(7-11(10)9-18)25-19-17(13)20-26(21,22)16-5-4-12(23-2)8-15(16)24-3;1-6-2-8(5-12)9(10)3-7(6)4-11;1-5-2-7-8(3-6(5)4-10)13-12-9(7)11;1-12-6-3-4-8(14(9,10)11)7(5-6)13-2;1-2(4)3-5;/h4-8H,1-3H3,(H,19,20);2-3H,1H3;2-3H,1H3,(H2,11,12);3-5H,1-2H3;5H,1H3,(H,3,4);1H4. The Morgan fingerprint density at radius 3 is 1.55 bits per heavy atom. The molecule has 0 radical (unpaired) electrons. The Balaban J connectivity index is 0.000000330. The van der Waals surface area contributed by atoms with E-state index in [0.717, 1.165) is 17.0 Å². The Labute approximate surface area is 412 Å². The molecule has 0 aliphatic heterocycles. The van der Waals surface area contributed by atoms with E-state index in [1.54, 1.807) is 38.1 Å². The molecule has 2 aromatic heterocycles. The van der Waals surface area contributed by atoms with Gasteiger partial charge < -0.3 is 33.7 Å². The molecule has 0 unspecified atom stereocenters. The Bertz CT molecular complexity index is 3410. The maximum Gasteiger partial charge on any atom is 0.266 e. The minimum Gasteiger partial charge on any atom is -0.497 e. The van der Waals surface area contributed by atoms with E-state index < -0.39 is 30.8 Å². The average molecular weight is 1030 g/mol. The molecule has 5 N–H and O–H groups in total. The van der Waals surface area contributed by atoms with E-state index in [2.05, 4.69) is 21.1 Å². The molecule has 2 heterocycles. The number of benzene rings is 5. The van der Waals surface area contributed by atoms with Gasteiger partial charge in [0.25, 0.3) is 19.1 Å². The van der Waals surface area contributed by atoms with Crippen LogP contribution < -0.4 is 34.9 Å². The third-order valence-electron chi connectivity index (χ3n) is 9.14. The van der Waals surface area contributed by atoms with E-state index in [1.807, 2.05) is 19.1 Å². The number of fused-ring (bicyclic) bond motifs is 2. The van der Waals surface area contributed by atoms with E-state index in [0.29, 0.717) is 56.1 Å². The van der Waals surface area contributed by atoms with Crippen molar-refractivity contribution in [2.75, 3.05) is 38.9 Å². The zero-order chi connectivity index (χ0) is 52.5. The lowest BCUT2D eigenvalue weighted by Gasteiger charge is -2.11. The predicted molar refractivity (Wildman–Crippen MR) is 257 cm³/mol. The number of sulfonamides is 1. The number of methoxy groups -OCH3 is 4. The fourth-order valence-corrected chi connectivity index (χ4v) is 7.72. The number of nitrogen functional groups attached to an aromatic ring is 1. The van der Waals surface area contributed by atoms with Gasteiger partial charge in [-0.2, -0.15) is 21.0 Å². The fraction of sp³-hybridized carbons (Fsp3) is 0.196. The topological polar surface area (TPSA) is 340 Å². The number of hydrogen-bond acceptors (Lipinski definition) is 19. The van der Waals surface area contributed by atoms with Gasteiger partial charge in [-0.25, -0.2) is 26.7 Å². The summed E-state index contributed by atoms with van der Waals surface area (Å²) >= 11 is 0. The largest absolute Gasteiger partial charge is 0.497 e. The lowest BCUT2D eigenvalue weighted by molar-refractivity contribution is -0.126. The zero-order valence-corrected chi connectivity index (χ0v) is 40.6. The quantitative estimate of drug-likeness (QED) is 0.0634. The van der Waals surface area contributed by atoms with Gasteiger partial charge in [-0.1, -0.05) is 17.7 Å². The van der Waals surface area contributed by atoms with Crippen molar-refractivity contribution in [3.63, 3.8) is 0 Å². The first kappa shape index (κ1) is 58.5. The Morgan fingerprint density at radius 1 is 0.676 bits per heavy atom. The van der Waals surface area contributed by atoms with Crippen molar-refractivity contribution in [3.8, 4) is 47.3 Å². The first-order valence-electron chi connectivity index (χ1n) is 19.3. The van der Waals surface area contributed by atoms with E-state index in [1.165, 1.54) is 89.4 Å². The van der Waals surface area contributed by atoms with Crippen molar-refractivity contribution in [2.45, 2.75) is 44.9 Å². The summed E-state index contributed by atoms with van der Waals surface area (Å²) in [6.45, 7) is 6.49. The highest BCUT2D eigenvalue weighted by molar-refractivity contribution is 8.13. The summed E-state index contributed by atoms with van der Waals surface area (Å²) in [5, 5.41) is 50.9. The zero-order valence-electron chi connectivity index (χ0n) is 38.2. The Morgan fingerprint density at radius 2 is 1.10 bits per heavy atom. The van der Waals surface area contributed by atoms with Crippen LogP contribution in [-0.4, -0.2) is 66.7 Å². The second-order valence-electron chi connectivity index (χ2n) is 13.8. The maximum atomic E-state index is 12.8. The number of aryl methyl sites for hydroxylation is 3. The minimum absolute atomic E-state index is 0. The molecule has 0 fully saturated rings. The molecule has 1 amide bonds. The number of hydroxylamine groups is 1. The third-order valence-corrected chi connectivity index (χ3v) is 11.9. The van der Waals surface area contributed by atoms with E-state index in [9.17, 15) is 26.0 Å². The smallest absolute Gasteiger partial charge is 0.266 e. The van der Waals surface area contributed by atoms with Crippen LogP contribution in [0.25, 0.3) is 21.9 Å². The minimum atomic E-state index is -3.99. The molecule has 7 aromatic rings. The number of amides is 1. The maximum absolute atomic E-state index is 12.8. The van der Waals surface area contributed by atoms with Crippen LogP contribution in [0, 0.1) is 71.9 Å². The van der Waals surface area contributed by atoms with Crippen LogP contribution in [0.4, 0.5) is 16.0 Å². The van der Waals surface area contributed by atoms with Gasteiger partial charge in [0.2, 0.25) is 5.91 Å². The molecule has 0 bridgehead atoms. The number of anilines is 2. The van der Waals surface area contributed by atoms with Crippen LogP contribution in [0.3, 0.4) is 0 Å². The molecular weight excluding hydrogens is 989 g/mol. The molecule has 0 saturated heterocycles. The number of nitriles is 4. The summed E-state index contributed by atoms with van der Waals surface area (Å²) in [6.07, 6.45) is 0. The van der Waals surface area contributed by atoms with E-state index >= 15 is 0 Å². The molecule has 0 aliphatic rings. The molecule has 0 aliphatic carbocycles. The number of nitrogens with two attached hydrogens (primary N) is 1. The number of rotatable bonds is 8. The molecule has 7 rings (SSSR count). The Kier molecular flexibility index (Phi) is 21.6. The third kappa shape index (κ3) is 15.4. The van der Waals surface area contributed by atoms with Gasteiger partial charge in [0.15, 0.2) is 22.8 Å². The summed E-state index contributed by atoms with van der Waals surface area (Å²) in [6, 6.07) is 25.4. The van der Waals surface area contributed by atoms with Crippen molar-refractivity contribution in [3.05, 3.63) is 118 Å². The van der Waals surface area contributed by atoms with Crippen molar-refractivity contribution in [2.24, 2.45) is 0 Å². The number of nitrogens with one attached hydrogen (secondary N) is 2. The summed E-state index contributed by atoms with van der Waals surface area (Å²) in [7, 11) is 3.10. The van der Waals surface area contributed by atoms with Crippen LogP contribution in [0.15, 0.2) is 91.6 Å². The summed E-state index contributed by atoms with van der Waals surface area (Å²) in [5.41, 5.74) is 11.3. The molecule has 25 heteroatoms. The van der Waals surface area contributed by atoms with Crippen molar-refractivity contribution in [1.29, 1.82) is 21.0 Å². The molecule has 71 heavy (non-hydrogen) atoms. The predicted octanol–water partition coefficient (Wildman–Crippen LogP) is 8.07. The molecule has 0 saturated carbocycles. The second kappa shape index (κ2) is 26.2. The summed E-state index contributed by atoms with van der Waals surface area (Å²) < 4.78 is 92.9. The van der Waals surface area contributed by atoms with Gasteiger partial charge in [0.05, 0.1) is 79.7 Å². The van der Waals surface area contributed by atoms with E-state index in [-0.39, 0.29) is 45.7 Å². The second-order valence-corrected chi connectivity index (χ2v) is 17.9. The lowest BCUT2D eigenvalue weighted by atomic mass is 10.1. The van der Waals surface area contributed by atoms with Gasteiger partial charge in [-0.3, -0.25) is 14.7 Å². The molecular formula is C46H45ClFN9O12S2. The number of ether oxygens (including phenoxy) is 4. The monoisotopic (exact) mass is 1030 g/mol. The number of halogens is 2. The number of aromatic nitrogens is 2.